The van der Waals surface area contributed by atoms with Gasteiger partial charge in [0.25, 0.3) is 0 Å². The molecule has 0 saturated heterocycles. The van der Waals surface area contributed by atoms with Gasteiger partial charge in [-0.25, -0.2) is 9.18 Å². The lowest BCUT2D eigenvalue weighted by atomic mass is 10.1. The third kappa shape index (κ3) is 5.40. The van der Waals surface area contributed by atoms with Gasteiger partial charge in [0.2, 0.25) is 0 Å². The van der Waals surface area contributed by atoms with Crippen LogP contribution in [-0.2, 0) is 6.42 Å². The minimum atomic E-state index is -0.279. The van der Waals surface area contributed by atoms with E-state index in [1.807, 2.05) is 25.1 Å². The number of carbonyl (C=O) groups excluding carboxylic acids is 1. The van der Waals surface area contributed by atoms with E-state index in [0.717, 1.165) is 12.0 Å². The van der Waals surface area contributed by atoms with Crippen molar-refractivity contribution in [2.75, 3.05) is 6.54 Å². The van der Waals surface area contributed by atoms with Crippen LogP contribution in [0.5, 0.6) is 0 Å². The van der Waals surface area contributed by atoms with E-state index in [2.05, 4.69) is 16.7 Å². The van der Waals surface area contributed by atoms with E-state index in [1.54, 1.807) is 18.2 Å². The molecular weight excluding hydrogens is 279 g/mol. The van der Waals surface area contributed by atoms with Crippen molar-refractivity contribution in [3.05, 3.63) is 77.2 Å². The summed E-state index contributed by atoms with van der Waals surface area (Å²) in [7, 11) is 0. The van der Waals surface area contributed by atoms with Gasteiger partial charge in [0.15, 0.2) is 0 Å². The number of nitrogens with one attached hydrogen (secondary N) is 2. The minimum Gasteiger partial charge on any atom is -0.338 e. The maximum atomic E-state index is 12.7. The Balaban J connectivity index is 1.70. The van der Waals surface area contributed by atoms with Crippen molar-refractivity contribution >= 4 is 12.1 Å². The Morgan fingerprint density at radius 2 is 1.95 bits per heavy atom. The number of halogens is 1. The second-order valence-corrected chi connectivity index (χ2v) is 5.02. The zero-order valence-electron chi connectivity index (χ0n) is 12.5. The van der Waals surface area contributed by atoms with Gasteiger partial charge in [0, 0.05) is 12.7 Å². The highest BCUT2D eigenvalue weighted by molar-refractivity contribution is 5.75. The summed E-state index contributed by atoms with van der Waals surface area (Å²) in [6.07, 6.45) is 4.03. The van der Waals surface area contributed by atoms with E-state index < -0.39 is 0 Å². The van der Waals surface area contributed by atoms with Crippen LogP contribution in [0.25, 0.3) is 6.08 Å². The third-order valence-electron chi connectivity index (χ3n) is 3.14. The smallest absolute Gasteiger partial charge is 0.318 e. The predicted octanol–water partition coefficient (Wildman–Crippen LogP) is 3.65. The highest BCUT2D eigenvalue weighted by atomic mass is 19.1. The molecular formula is C18H19FN2O. The number of amides is 2. The number of rotatable bonds is 5. The molecule has 22 heavy (non-hydrogen) atoms. The summed E-state index contributed by atoms with van der Waals surface area (Å²) >= 11 is 0. The Morgan fingerprint density at radius 3 is 2.68 bits per heavy atom. The quantitative estimate of drug-likeness (QED) is 0.869. The van der Waals surface area contributed by atoms with Gasteiger partial charge >= 0.3 is 6.03 Å². The second kappa shape index (κ2) is 7.98. The molecule has 0 aliphatic heterocycles. The number of hydrogen-bond donors (Lipinski definition) is 2. The lowest BCUT2D eigenvalue weighted by Crippen LogP contribution is -2.33. The molecule has 2 N–H and O–H groups in total. The van der Waals surface area contributed by atoms with Crippen molar-refractivity contribution in [2.45, 2.75) is 13.3 Å². The van der Waals surface area contributed by atoms with E-state index >= 15 is 0 Å². The molecule has 2 aromatic carbocycles. The summed E-state index contributed by atoms with van der Waals surface area (Å²) in [6.45, 7) is 2.61. The lowest BCUT2D eigenvalue weighted by Gasteiger charge is -2.05. The molecule has 0 aliphatic rings. The molecule has 0 heterocycles. The molecule has 4 heteroatoms. The van der Waals surface area contributed by atoms with Crippen LogP contribution < -0.4 is 10.6 Å². The van der Waals surface area contributed by atoms with E-state index in [0.29, 0.717) is 6.54 Å². The van der Waals surface area contributed by atoms with Crippen LogP contribution in [0.2, 0.25) is 0 Å². The molecule has 2 amide bonds. The molecule has 0 aromatic heterocycles. The molecule has 2 aromatic rings. The first-order valence-electron chi connectivity index (χ1n) is 7.15. The summed E-state index contributed by atoms with van der Waals surface area (Å²) in [6, 6.07) is 14.0. The Labute approximate surface area is 129 Å². The predicted molar refractivity (Wildman–Crippen MR) is 86.9 cm³/mol. The fourth-order valence-corrected chi connectivity index (χ4v) is 2.03. The fourth-order valence-electron chi connectivity index (χ4n) is 2.03. The normalized spacial score (nSPS) is 10.6. The number of urea groups is 1. The van der Waals surface area contributed by atoms with Crippen molar-refractivity contribution in [1.82, 2.24) is 10.6 Å². The van der Waals surface area contributed by atoms with Gasteiger partial charge in [-0.2, -0.15) is 0 Å². The molecule has 0 radical (unpaired) electrons. The average Bonchev–Trinajstić information content (AvgIpc) is 2.49. The molecule has 3 nitrogen and oxygen atoms in total. The first kappa shape index (κ1) is 15.8. The zero-order valence-corrected chi connectivity index (χ0v) is 12.5. The van der Waals surface area contributed by atoms with Crippen LogP contribution >= 0.6 is 0 Å². The van der Waals surface area contributed by atoms with Crippen molar-refractivity contribution in [2.24, 2.45) is 0 Å². The molecule has 0 fully saturated rings. The monoisotopic (exact) mass is 298 g/mol. The van der Waals surface area contributed by atoms with E-state index in [9.17, 15) is 9.18 Å². The standard InChI is InChI=1S/C18H19FN2O/c1-14-3-2-4-16(13-14)10-12-21-18(22)20-11-9-15-5-7-17(19)8-6-15/h2-9,11,13H,10,12H2,1H3,(H2,20,21,22)/b11-9+. The van der Waals surface area contributed by atoms with Crippen LogP contribution in [0.4, 0.5) is 9.18 Å². The van der Waals surface area contributed by atoms with Crippen molar-refractivity contribution in [1.29, 1.82) is 0 Å². The van der Waals surface area contributed by atoms with Gasteiger partial charge in [-0.1, -0.05) is 42.0 Å². The molecule has 114 valence electrons. The second-order valence-electron chi connectivity index (χ2n) is 5.02. The maximum Gasteiger partial charge on any atom is 0.318 e. The fraction of sp³-hybridized carbons (Fsp3) is 0.167. The number of benzene rings is 2. The summed E-state index contributed by atoms with van der Waals surface area (Å²) in [5.74, 6) is -0.279. The largest absolute Gasteiger partial charge is 0.338 e. The molecule has 0 bridgehead atoms. The molecule has 0 atom stereocenters. The van der Waals surface area contributed by atoms with E-state index in [-0.39, 0.29) is 11.8 Å². The van der Waals surface area contributed by atoms with Crippen LogP contribution in [0, 0.1) is 12.7 Å². The number of carbonyl (C=O) groups is 1. The molecule has 0 aliphatic carbocycles. The summed E-state index contributed by atoms with van der Waals surface area (Å²) in [5, 5.41) is 5.40. The number of hydrogen-bond acceptors (Lipinski definition) is 1. The lowest BCUT2D eigenvalue weighted by molar-refractivity contribution is 0.244. The van der Waals surface area contributed by atoms with Gasteiger partial charge in [0.1, 0.15) is 5.82 Å². The van der Waals surface area contributed by atoms with Crippen LogP contribution in [0.15, 0.2) is 54.7 Å². The van der Waals surface area contributed by atoms with E-state index in [4.69, 9.17) is 0 Å². The van der Waals surface area contributed by atoms with E-state index in [1.165, 1.54) is 29.5 Å². The summed E-state index contributed by atoms with van der Waals surface area (Å²) < 4.78 is 12.7. The van der Waals surface area contributed by atoms with Crippen molar-refractivity contribution in [3.63, 3.8) is 0 Å². The maximum absolute atomic E-state index is 12.7. The SMILES string of the molecule is Cc1cccc(CCNC(=O)N/C=C/c2ccc(F)cc2)c1. The molecule has 0 saturated carbocycles. The average molecular weight is 298 g/mol. The summed E-state index contributed by atoms with van der Waals surface area (Å²) in [5.41, 5.74) is 3.23. The first-order chi connectivity index (χ1) is 10.6. The minimum absolute atomic E-state index is 0.258. The molecule has 0 spiro atoms. The van der Waals surface area contributed by atoms with Crippen LogP contribution in [-0.4, -0.2) is 12.6 Å². The van der Waals surface area contributed by atoms with Gasteiger partial charge in [-0.3, -0.25) is 0 Å². The van der Waals surface area contributed by atoms with Gasteiger partial charge < -0.3 is 10.6 Å². The third-order valence-corrected chi connectivity index (χ3v) is 3.14. The summed E-state index contributed by atoms with van der Waals surface area (Å²) in [4.78, 5) is 11.6. The Bertz CT molecular complexity index is 650. The molecule has 2 rings (SSSR count). The zero-order chi connectivity index (χ0) is 15.8. The van der Waals surface area contributed by atoms with Gasteiger partial charge in [-0.05, 0) is 42.7 Å². The van der Waals surface area contributed by atoms with Crippen LogP contribution in [0.1, 0.15) is 16.7 Å². The van der Waals surface area contributed by atoms with Gasteiger partial charge in [-0.15, -0.1) is 0 Å². The van der Waals surface area contributed by atoms with Crippen LogP contribution in [0.3, 0.4) is 0 Å². The molecule has 0 unspecified atom stereocenters. The highest BCUT2D eigenvalue weighted by Gasteiger charge is 1.98. The highest BCUT2D eigenvalue weighted by Crippen LogP contribution is 2.04. The first-order valence-corrected chi connectivity index (χ1v) is 7.15. The van der Waals surface area contributed by atoms with Crippen molar-refractivity contribution < 1.29 is 9.18 Å². The Morgan fingerprint density at radius 1 is 1.18 bits per heavy atom. The Hall–Kier alpha value is -2.62. The topological polar surface area (TPSA) is 41.1 Å². The number of aryl methyl sites for hydroxylation is 1. The van der Waals surface area contributed by atoms with Gasteiger partial charge in [0.05, 0.1) is 0 Å². The van der Waals surface area contributed by atoms with Crippen molar-refractivity contribution in [3.8, 4) is 0 Å². The Kier molecular flexibility index (Phi) is 5.72.